The van der Waals surface area contributed by atoms with E-state index in [0.717, 1.165) is 6.54 Å². The Morgan fingerprint density at radius 2 is 1.94 bits per heavy atom. The van der Waals surface area contributed by atoms with Crippen molar-refractivity contribution in [3.05, 3.63) is 0 Å². The van der Waals surface area contributed by atoms with Crippen LogP contribution in [0, 0.1) is 5.92 Å². The molecule has 4 nitrogen and oxygen atoms in total. The molecule has 92 valence electrons. The monoisotopic (exact) mass is 226 g/mol. The van der Waals surface area contributed by atoms with Crippen LogP contribution in [0.4, 0.5) is 0 Å². The van der Waals surface area contributed by atoms with E-state index in [4.69, 9.17) is 0 Å². The third-order valence-corrected chi connectivity index (χ3v) is 2.76. The van der Waals surface area contributed by atoms with Crippen LogP contribution in [-0.2, 0) is 9.59 Å². The molecule has 1 fully saturated rings. The quantitative estimate of drug-likeness (QED) is 0.711. The number of hydrogen-bond donors (Lipinski definition) is 0. The van der Waals surface area contributed by atoms with E-state index in [1.54, 1.807) is 4.90 Å². The van der Waals surface area contributed by atoms with Gasteiger partial charge in [-0.15, -0.1) is 0 Å². The lowest BCUT2D eigenvalue weighted by Gasteiger charge is -2.28. The molecule has 0 N–H and O–H groups in total. The second-order valence-electron chi connectivity index (χ2n) is 5.01. The summed E-state index contributed by atoms with van der Waals surface area (Å²) in [5.41, 5.74) is 0. The molecule has 0 spiro atoms. The number of carbonyl (C=O) groups is 2. The zero-order valence-corrected chi connectivity index (χ0v) is 10.5. The van der Waals surface area contributed by atoms with Crippen LogP contribution in [0.1, 0.15) is 26.7 Å². The maximum absolute atomic E-state index is 11.9. The van der Waals surface area contributed by atoms with Crippen LogP contribution in [-0.4, -0.2) is 54.7 Å². The Labute approximate surface area is 97.6 Å². The van der Waals surface area contributed by atoms with Gasteiger partial charge in [-0.25, -0.2) is 0 Å². The molecule has 0 aromatic rings. The van der Waals surface area contributed by atoms with Gasteiger partial charge in [0.15, 0.2) is 0 Å². The summed E-state index contributed by atoms with van der Waals surface area (Å²) in [6.07, 6.45) is 1.05. The number of ketones is 1. The standard InChI is InChI=1S/C12H22N2O2/c1-10(2)8-13(3)9-12(16)14-6-4-11(15)5-7-14/h10H,4-9H2,1-3H3. The van der Waals surface area contributed by atoms with Crippen LogP contribution in [0.25, 0.3) is 0 Å². The summed E-state index contributed by atoms with van der Waals surface area (Å²) in [6, 6.07) is 0. The summed E-state index contributed by atoms with van der Waals surface area (Å²) < 4.78 is 0. The lowest BCUT2D eigenvalue weighted by atomic mass is 10.1. The van der Waals surface area contributed by atoms with Crippen molar-refractivity contribution in [1.82, 2.24) is 9.80 Å². The summed E-state index contributed by atoms with van der Waals surface area (Å²) in [7, 11) is 1.97. The first kappa shape index (κ1) is 13.2. The second kappa shape index (κ2) is 5.99. The molecule has 1 aliphatic heterocycles. The molecule has 1 aliphatic rings. The van der Waals surface area contributed by atoms with E-state index in [0.29, 0.717) is 38.4 Å². The molecule has 1 heterocycles. The fraction of sp³-hybridized carbons (Fsp3) is 0.833. The maximum Gasteiger partial charge on any atom is 0.236 e. The molecule has 1 saturated heterocycles. The molecule has 1 rings (SSSR count). The number of rotatable bonds is 4. The van der Waals surface area contributed by atoms with Crippen LogP contribution in [0.5, 0.6) is 0 Å². The Morgan fingerprint density at radius 1 is 1.38 bits per heavy atom. The van der Waals surface area contributed by atoms with E-state index in [1.807, 2.05) is 11.9 Å². The lowest BCUT2D eigenvalue weighted by molar-refractivity contribution is -0.135. The number of hydrogen-bond acceptors (Lipinski definition) is 3. The van der Waals surface area contributed by atoms with Gasteiger partial charge in [0, 0.05) is 32.5 Å². The van der Waals surface area contributed by atoms with Gasteiger partial charge in [-0.2, -0.15) is 0 Å². The number of amides is 1. The number of Topliss-reactive ketones (excluding diaryl/α,β-unsaturated/α-hetero) is 1. The molecule has 0 aromatic carbocycles. The fourth-order valence-electron chi connectivity index (χ4n) is 2.02. The average molecular weight is 226 g/mol. The van der Waals surface area contributed by atoms with Crippen molar-refractivity contribution in [3.8, 4) is 0 Å². The van der Waals surface area contributed by atoms with Gasteiger partial charge in [-0.3, -0.25) is 14.5 Å². The third kappa shape index (κ3) is 4.31. The average Bonchev–Trinajstić information content (AvgIpc) is 2.16. The summed E-state index contributed by atoms with van der Waals surface area (Å²) in [4.78, 5) is 26.8. The molecule has 0 unspecified atom stereocenters. The summed E-state index contributed by atoms with van der Waals surface area (Å²) in [6.45, 7) is 6.88. The zero-order valence-electron chi connectivity index (χ0n) is 10.5. The number of likely N-dealkylation sites (N-methyl/N-ethyl adjacent to an activating group) is 1. The first-order chi connectivity index (χ1) is 7.49. The highest BCUT2D eigenvalue weighted by Gasteiger charge is 2.21. The lowest BCUT2D eigenvalue weighted by Crippen LogP contribution is -2.44. The third-order valence-electron chi connectivity index (χ3n) is 2.76. The highest BCUT2D eigenvalue weighted by molar-refractivity contribution is 5.84. The first-order valence-corrected chi connectivity index (χ1v) is 5.97. The SMILES string of the molecule is CC(C)CN(C)CC(=O)N1CCC(=O)CC1. The van der Waals surface area contributed by atoms with E-state index in [1.165, 1.54) is 0 Å². The summed E-state index contributed by atoms with van der Waals surface area (Å²) in [5, 5.41) is 0. The van der Waals surface area contributed by atoms with Crippen molar-refractivity contribution in [2.45, 2.75) is 26.7 Å². The van der Waals surface area contributed by atoms with Crippen LogP contribution in [0.15, 0.2) is 0 Å². The summed E-state index contributed by atoms with van der Waals surface area (Å²) >= 11 is 0. The van der Waals surface area contributed by atoms with E-state index in [9.17, 15) is 9.59 Å². The summed E-state index contributed by atoms with van der Waals surface area (Å²) in [5.74, 6) is 0.996. The number of likely N-dealkylation sites (tertiary alicyclic amines) is 1. The molecule has 16 heavy (non-hydrogen) atoms. The topological polar surface area (TPSA) is 40.6 Å². The van der Waals surface area contributed by atoms with Gasteiger partial charge in [0.2, 0.25) is 5.91 Å². The highest BCUT2D eigenvalue weighted by atomic mass is 16.2. The van der Waals surface area contributed by atoms with E-state index in [2.05, 4.69) is 13.8 Å². The molecule has 0 atom stereocenters. The Bertz CT molecular complexity index is 254. The normalized spacial score (nSPS) is 17.3. The minimum Gasteiger partial charge on any atom is -0.341 e. The minimum atomic E-state index is 0.149. The van der Waals surface area contributed by atoms with Gasteiger partial charge in [0.1, 0.15) is 5.78 Å². The van der Waals surface area contributed by atoms with Crippen molar-refractivity contribution in [3.63, 3.8) is 0 Å². The van der Waals surface area contributed by atoms with Crippen molar-refractivity contribution in [1.29, 1.82) is 0 Å². The Kier molecular flexibility index (Phi) is 4.93. The van der Waals surface area contributed by atoms with E-state index >= 15 is 0 Å². The molecule has 0 saturated carbocycles. The van der Waals surface area contributed by atoms with Gasteiger partial charge >= 0.3 is 0 Å². The Hall–Kier alpha value is -0.900. The molecule has 0 bridgehead atoms. The van der Waals surface area contributed by atoms with Gasteiger partial charge in [-0.05, 0) is 13.0 Å². The smallest absolute Gasteiger partial charge is 0.236 e. The number of piperidine rings is 1. The molecule has 0 radical (unpaired) electrons. The van der Waals surface area contributed by atoms with Crippen LogP contribution in [0.2, 0.25) is 0 Å². The van der Waals surface area contributed by atoms with Gasteiger partial charge < -0.3 is 4.90 Å². The highest BCUT2D eigenvalue weighted by Crippen LogP contribution is 2.06. The predicted octanol–water partition coefficient (Wildman–Crippen LogP) is 0.766. The van der Waals surface area contributed by atoms with Crippen molar-refractivity contribution >= 4 is 11.7 Å². The maximum atomic E-state index is 11.9. The van der Waals surface area contributed by atoms with Crippen LogP contribution >= 0.6 is 0 Å². The van der Waals surface area contributed by atoms with Gasteiger partial charge in [-0.1, -0.05) is 13.8 Å². The van der Waals surface area contributed by atoms with E-state index in [-0.39, 0.29) is 11.7 Å². The largest absolute Gasteiger partial charge is 0.341 e. The van der Waals surface area contributed by atoms with Gasteiger partial charge in [0.05, 0.1) is 6.54 Å². The van der Waals surface area contributed by atoms with Gasteiger partial charge in [0.25, 0.3) is 0 Å². The van der Waals surface area contributed by atoms with E-state index < -0.39 is 0 Å². The molecule has 1 amide bonds. The molecular weight excluding hydrogens is 204 g/mol. The molecular formula is C12H22N2O2. The molecule has 4 heteroatoms. The Balaban J connectivity index is 2.31. The zero-order chi connectivity index (χ0) is 12.1. The second-order valence-corrected chi connectivity index (χ2v) is 5.01. The van der Waals surface area contributed by atoms with Crippen molar-refractivity contribution in [2.75, 3.05) is 33.2 Å². The number of carbonyl (C=O) groups excluding carboxylic acids is 2. The van der Waals surface area contributed by atoms with Crippen LogP contribution in [0.3, 0.4) is 0 Å². The van der Waals surface area contributed by atoms with Crippen LogP contribution < -0.4 is 0 Å². The fourth-order valence-corrected chi connectivity index (χ4v) is 2.02. The van der Waals surface area contributed by atoms with Crippen molar-refractivity contribution in [2.24, 2.45) is 5.92 Å². The minimum absolute atomic E-state index is 0.149. The van der Waals surface area contributed by atoms with Crippen molar-refractivity contribution < 1.29 is 9.59 Å². The first-order valence-electron chi connectivity index (χ1n) is 5.97. The molecule has 0 aromatic heterocycles. The Morgan fingerprint density at radius 3 is 2.44 bits per heavy atom. The predicted molar refractivity (Wildman–Crippen MR) is 63.2 cm³/mol. The molecule has 0 aliphatic carbocycles. The number of nitrogens with zero attached hydrogens (tertiary/aromatic N) is 2.